The molecule has 0 radical (unpaired) electrons. The highest BCUT2D eigenvalue weighted by Crippen LogP contribution is 2.24. The van der Waals surface area contributed by atoms with Crippen molar-refractivity contribution in [2.45, 2.75) is 84.8 Å². The van der Waals surface area contributed by atoms with E-state index in [0.29, 0.717) is 31.0 Å². The van der Waals surface area contributed by atoms with Gasteiger partial charge in [-0.3, -0.25) is 15.0 Å². The first-order valence-corrected chi connectivity index (χ1v) is 18.2. The Morgan fingerprint density at radius 1 is 0.963 bits per heavy atom. The van der Waals surface area contributed by atoms with E-state index in [1.165, 1.54) is 5.01 Å². The van der Waals surface area contributed by atoms with Crippen molar-refractivity contribution in [1.29, 1.82) is 0 Å². The number of aliphatic hydroxyl groups excluding tert-OH is 1. The molecule has 2 heterocycles. The maximum atomic E-state index is 14.3. The summed E-state index contributed by atoms with van der Waals surface area (Å²) in [6.07, 6.45) is -0.131. The number of carbonyl (C=O) groups is 4. The lowest BCUT2D eigenvalue weighted by molar-refractivity contribution is -0.132. The molecule has 1 fully saturated rings. The van der Waals surface area contributed by atoms with Crippen LogP contribution in [-0.4, -0.2) is 110 Å². The summed E-state index contributed by atoms with van der Waals surface area (Å²) in [5, 5.41) is 36.4. The minimum atomic E-state index is -1.35. The number of hydrazine groups is 1. The van der Waals surface area contributed by atoms with Crippen LogP contribution in [0.4, 0.5) is 9.59 Å². The van der Waals surface area contributed by atoms with Crippen LogP contribution in [0.15, 0.2) is 72.9 Å². The fourth-order valence-electron chi connectivity index (χ4n) is 6.44. The highest BCUT2D eigenvalue weighted by atomic mass is 16.5. The topological polar surface area (TPSA) is 190 Å². The van der Waals surface area contributed by atoms with E-state index < -0.39 is 47.6 Å². The number of urea groups is 1. The molecule has 0 saturated carbocycles. The van der Waals surface area contributed by atoms with Crippen LogP contribution in [0.5, 0.6) is 5.75 Å². The van der Waals surface area contributed by atoms with Gasteiger partial charge >= 0.3 is 12.1 Å². The molecule has 3 aromatic rings. The third-order valence-corrected chi connectivity index (χ3v) is 9.59. The molecule has 1 saturated heterocycles. The van der Waals surface area contributed by atoms with Crippen LogP contribution in [0.2, 0.25) is 0 Å². The summed E-state index contributed by atoms with van der Waals surface area (Å²) >= 11 is 0. The second-order valence-electron chi connectivity index (χ2n) is 14.8. The number of rotatable bonds is 18. The first kappa shape index (κ1) is 41.5. The van der Waals surface area contributed by atoms with Crippen LogP contribution >= 0.6 is 0 Å². The van der Waals surface area contributed by atoms with Crippen LogP contribution < -0.4 is 20.8 Å². The lowest BCUT2D eigenvalue weighted by Gasteiger charge is -2.36. The Balaban J connectivity index is 1.60. The second kappa shape index (κ2) is 19.2. The fourth-order valence-corrected chi connectivity index (χ4v) is 6.44. The van der Waals surface area contributed by atoms with Gasteiger partial charge in [0, 0.05) is 32.4 Å². The van der Waals surface area contributed by atoms with E-state index in [-0.39, 0.29) is 38.0 Å². The third kappa shape index (κ3) is 11.6. The number of benzene rings is 2. The molecule has 0 spiro atoms. The average Bonchev–Trinajstić information content (AvgIpc) is 3.49. The number of carboxylic acid groups (broad SMARTS) is 1. The Hall–Kier alpha value is -5.28. The largest absolute Gasteiger partial charge is 0.497 e. The number of carbonyl (C=O) groups excluding carboxylic acids is 3. The summed E-state index contributed by atoms with van der Waals surface area (Å²) in [5.41, 5.74) is 4.33. The van der Waals surface area contributed by atoms with Crippen molar-refractivity contribution < 1.29 is 34.1 Å². The molecule has 5 N–H and O–H groups in total. The molecule has 4 rings (SSSR count). The lowest BCUT2D eigenvalue weighted by atomic mass is 9.86. The third-order valence-electron chi connectivity index (χ3n) is 9.59. The van der Waals surface area contributed by atoms with Gasteiger partial charge in [0.1, 0.15) is 17.8 Å². The molecule has 5 amide bonds. The minimum absolute atomic E-state index is 0.137. The SMILES string of the molecule is CC[C@H](C)[C@@H](C(=O)N[C@@H](Cc1ccccc1)[C@@H](O)CN(Cc1ccc(OC)cc1)NC(=O)[C@@H](NC(=O)O)C(C)(C)C)N1CCN(Cc2cccnn2)C1=O. The zero-order valence-electron chi connectivity index (χ0n) is 31.9. The van der Waals surface area contributed by atoms with Gasteiger partial charge in [-0.25, -0.2) is 14.6 Å². The average molecular weight is 747 g/mol. The smallest absolute Gasteiger partial charge is 0.405 e. The number of aromatic nitrogens is 2. The Kier molecular flexibility index (Phi) is 14.7. The molecule has 1 aromatic heterocycles. The van der Waals surface area contributed by atoms with Crippen LogP contribution in [0.1, 0.15) is 57.9 Å². The number of hydrogen-bond acceptors (Lipinski definition) is 9. The number of hydrogen-bond donors (Lipinski definition) is 5. The predicted octanol–water partition coefficient (Wildman–Crippen LogP) is 3.44. The molecule has 2 aromatic carbocycles. The molecule has 0 unspecified atom stereocenters. The molecule has 15 nitrogen and oxygen atoms in total. The van der Waals surface area contributed by atoms with Crippen molar-refractivity contribution in [3.8, 4) is 5.75 Å². The normalized spacial score (nSPS) is 16.0. The summed E-state index contributed by atoms with van der Waals surface area (Å²) < 4.78 is 5.29. The van der Waals surface area contributed by atoms with E-state index >= 15 is 0 Å². The van der Waals surface area contributed by atoms with Gasteiger partial charge < -0.3 is 35.4 Å². The molecule has 1 aliphatic heterocycles. The summed E-state index contributed by atoms with van der Waals surface area (Å²) in [4.78, 5) is 56.6. The first-order chi connectivity index (χ1) is 25.7. The molecule has 15 heteroatoms. The van der Waals surface area contributed by atoms with Gasteiger partial charge in [0.15, 0.2) is 0 Å². The standard InChI is InChI=1S/C39H54N8O7/c1-7-26(2)33(47-21-20-45(38(47)53)24-29-14-11-19-40-43-29)35(49)41-31(22-27-12-9-8-10-13-27)32(48)25-46(23-28-15-17-30(54-6)18-16-28)44-36(50)34(39(3,4)5)42-37(51)52/h8-19,26,31-34,42,48H,7,20-25H2,1-6H3,(H,41,49)(H,44,50)(H,51,52)/t26-,31-,32-,33-,34+/m0/s1. The Bertz CT molecular complexity index is 1670. The number of ether oxygens (including phenoxy) is 1. The van der Waals surface area contributed by atoms with Gasteiger partial charge in [-0.1, -0.05) is 83.5 Å². The van der Waals surface area contributed by atoms with Crippen molar-refractivity contribution >= 4 is 23.9 Å². The van der Waals surface area contributed by atoms with E-state index in [9.17, 15) is 29.4 Å². The van der Waals surface area contributed by atoms with Crippen molar-refractivity contribution in [2.24, 2.45) is 11.3 Å². The van der Waals surface area contributed by atoms with Crippen molar-refractivity contribution in [2.75, 3.05) is 26.7 Å². The van der Waals surface area contributed by atoms with E-state index in [1.54, 1.807) is 68.1 Å². The van der Waals surface area contributed by atoms with Crippen molar-refractivity contribution in [3.63, 3.8) is 0 Å². The summed E-state index contributed by atoms with van der Waals surface area (Å²) in [6.45, 7) is 10.1. The second-order valence-corrected chi connectivity index (χ2v) is 14.8. The fraction of sp³-hybridized carbons (Fsp3) is 0.487. The van der Waals surface area contributed by atoms with Crippen LogP contribution in [0, 0.1) is 11.3 Å². The Labute approximate surface area is 317 Å². The maximum Gasteiger partial charge on any atom is 0.405 e. The lowest BCUT2D eigenvalue weighted by Crippen LogP contribution is -2.60. The summed E-state index contributed by atoms with van der Waals surface area (Å²) in [5.74, 6) is -0.572. The van der Waals surface area contributed by atoms with E-state index in [1.807, 2.05) is 56.3 Å². The Morgan fingerprint density at radius 3 is 2.26 bits per heavy atom. The van der Waals surface area contributed by atoms with Crippen LogP contribution in [0.25, 0.3) is 0 Å². The summed E-state index contributed by atoms with van der Waals surface area (Å²) in [7, 11) is 1.56. The number of amides is 5. The van der Waals surface area contributed by atoms with Gasteiger partial charge in [0.05, 0.1) is 31.5 Å². The van der Waals surface area contributed by atoms with E-state index in [2.05, 4.69) is 26.3 Å². The number of aliphatic hydroxyl groups is 1. The molecular formula is C39H54N8O7. The van der Waals surface area contributed by atoms with Gasteiger partial charge in [-0.05, 0) is 53.1 Å². The van der Waals surface area contributed by atoms with Gasteiger partial charge in [0.2, 0.25) is 5.91 Å². The zero-order valence-corrected chi connectivity index (χ0v) is 31.9. The van der Waals surface area contributed by atoms with Gasteiger partial charge in [-0.2, -0.15) is 10.2 Å². The molecule has 54 heavy (non-hydrogen) atoms. The zero-order chi connectivity index (χ0) is 39.4. The molecule has 1 aliphatic rings. The quantitative estimate of drug-likeness (QED) is 0.121. The molecular weight excluding hydrogens is 692 g/mol. The monoisotopic (exact) mass is 746 g/mol. The minimum Gasteiger partial charge on any atom is -0.497 e. The molecule has 0 bridgehead atoms. The Morgan fingerprint density at radius 2 is 1.67 bits per heavy atom. The van der Waals surface area contributed by atoms with Crippen LogP contribution in [0.3, 0.4) is 0 Å². The van der Waals surface area contributed by atoms with Crippen LogP contribution in [-0.2, 0) is 29.1 Å². The summed E-state index contributed by atoms with van der Waals surface area (Å²) in [6, 6.07) is 17.1. The van der Waals surface area contributed by atoms with Gasteiger partial charge in [-0.15, -0.1) is 0 Å². The van der Waals surface area contributed by atoms with E-state index in [4.69, 9.17) is 4.74 Å². The molecule has 5 atom stereocenters. The van der Waals surface area contributed by atoms with E-state index in [0.717, 1.165) is 11.1 Å². The van der Waals surface area contributed by atoms with Crippen molar-refractivity contribution in [1.82, 2.24) is 41.1 Å². The van der Waals surface area contributed by atoms with Gasteiger partial charge in [0.25, 0.3) is 5.91 Å². The highest BCUT2D eigenvalue weighted by molar-refractivity contribution is 5.88. The number of nitrogens with one attached hydrogen (secondary N) is 3. The maximum absolute atomic E-state index is 14.3. The highest BCUT2D eigenvalue weighted by Gasteiger charge is 2.41. The first-order valence-electron chi connectivity index (χ1n) is 18.2. The molecule has 0 aliphatic carbocycles. The number of methoxy groups -OCH3 is 1. The van der Waals surface area contributed by atoms with Crippen molar-refractivity contribution in [3.05, 3.63) is 89.7 Å². The number of nitrogens with zero attached hydrogens (tertiary/aromatic N) is 5. The molecule has 292 valence electrons. The predicted molar refractivity (Wildman–Crippen MR) is 202 cm³/mol.